The van der Waals surface area contributed by atoms with Crippen molar-refractivity contribution in [2.75, 3.05) is 53.0 Å². The molecule has 0 radical (unpaired) electrons. The van der Waals surface area contributed by atoms with E-state index in [0.29, 0.717) is 39.1 Å². The van der Waals surface area contributed by atoms with E-state index in [4.69, 9.17) is 14.2 Å². The van der Waals surface area contributed by atoms with E-state index >= 15 is 0 Å². The highest BCUT2D eigenvalue weighted by Gasteiger charge is 2.15. The second-order valence-corrected chi connectivity index (χ2v) is 17.1. The van der Waals surface area contributed by atoms with Gasteiger partial charge < -0.3 is 34.9 Å². The summed E-state index contributed by atoms with van der Waals surface area (Å²) in [5, 5.41) is 15.9. The van der Waals surface area contributed by atoms with Gasteiger partial charge in [0, 0.05) is 33.0 Å². The molecule has 0 aliphatic rings. The normalized spacial score (nSPS) is 12.0. The fraction of sp³-hybridized carbons (Fsp3) is 0.939. The molecule has 0 bridgehead atoms. The van der Waals surface area contributed by atoms with E-state index in [-0.39, 0.29) is 30.7 Å². The van der Waals surface area contributed by atoms with Crippen molar-refractivity contribution in [3.05, 3.63) is 0 Å². The van der Waals surface area contributed by atoms with Gasteiger partial charge in [-0.1, -0.05) is 162 Å². The van der Waals surface area contributed by atoms with Crippen LogP contribution in [0.3, 0.4) is 0 Å². The topological polar surface area (TPSA) is 126 Å². The summed E-state index contributed by atoms with van der Waals surface area (Å²) in [6.45, 7) is 10.5. The van der Waals surface area contributed by atoms with Crippen molar-refractivity contribution in [2.45, 2.75) is 245 Å². The number of aliphatic hydroxyl groups is 1. The largest absolute Gasteiger partial charge is 0.466 e. The third kappa shape index (κ3) is 42.6. The Kier molecular flexibility index (Phi) is 44.1. The molecule has 0 saturated heterocycles. The maximum atomic E-state index is 12.8. The van der Waals surface area contributed by atoms with E-state index in [2.05, 4.69) is 36.3 Å². The summed E-state index contributed by atoms with van der Waals surface area (Å²) in [5.41, 5.74) is 0. The van der Waals surface area contributed by atoms with Gasteiger partial charge in [-0.3, -0.25) is 9.59 Å². The van der Waals surface area contributed by atoms with Gasteiger partial charge in [-0.05, 0) is 70.9 Å². The van der Waals surface area contributed by atoms with Crippen LogP contribution in [0.25, 0.3) is 0 Å². The molecule has 10 nitrogen and oxygen atoms in total. The average molecular weight is 840 g/mol. The molecule has 59 heavy (non-hydrogen) atoms. The predicted octanol–water partition coefficient (Wildman–Crippen LogP) is 12.0. The summed E-state index contributed by atoms with van der Waals surface area (Å²) in [5.74, 6) is -0.111. The molecule has 2 amide bonds. The first-order valence-corrected chi connectivity index (χ1v) is 25.1. The van der Waals surface area contributed by atoms with Crippen LogP contribution in [0.2, 0.25) is 0 Å². The number of esters is 2. The standard InChI is InChI=1S/C49H97N3O7/c1-5-8-11-14-17-18-19-25-33-41-58-47(54)36-30-26-32-40-52(43-45(53)44-57-42-38-51-49(56)50-4)39-31-24-20-23-29-37-48(55)59-46(34-27-21-15-12-9-6-2)35-28-22-16-13-10-7-3/h45-46,53H,5-44H2,1-4H3,(H2,50,51,56). The maximum absolute atomic E-state index is 12.8. The van der Waals surface area contributed by atoms with Crippen molar-refractivity contribution in [1.82, 2.24) is 15.5 Å². The Morgan fingerprint density at radius 3 is 1.51 bits per heavy atom. The maximum Gasteiger partial charge on any atom is 0.314 e. The fourth-order valence-electron chi connectivity index (χ4n) is 7.59. The monoisotopic (exact) mass is 840 g/mol. The number of unbranched alkanes of at least 4 members (excludes halogenated alkanes) is 24. The molecule has 0 aliphatic carbocycles. The molecular formula is C49H97N3O7. The first kappa shape index (κ1) is 57.1. The lowest BCUT2D eigenvalue weighted by Gasteiger charge is -2.25. The molecule has 0 aromatic carbocycles. The Morgan fingerprint density at radius 1 is 0.542 bits per heavy atom. The average Bonchev–Trinajstić information content (AvgIpc) is 3.22. The van der Waals surface area contributed by atoms with Crippen molar-refractivity contribution in [2.24, 2.45) is 0 Å². The number of hydrogen-bond acceptors (Lipinski definition) is 8. The minimum absolute atomic E-state index is 0.0224. The Bertz CT molecular complexity index is 908. The zero-order valence-electron chi connectivity index (χ0n) is 39.3. The Morgan fingerprint density at radius 2 is 0.983 bits per heavy atom. The molecule has 0 heterocycles. The highest BCUT2D eigenvalue weighted by molar-refractivity contribution is 5.73. The predicted molar refractivity (Wildman–Crippen MR) is 246 cm³/mol. The summed E-state index contributed by atoms with van der Waals surface area (Å²) in [6.07, 6.45) is 36.6. The molecule has 0 saturated carbocycles. The Labute approximate surface area is 364 Å². The van der Waals surface area contributed by atoms with Crippen molar-refractivity contribution in [3.63, 3.8) is 0 Å². The molecule has 0 rings (SSSR count). The molecule has 3 N–H and O–H groups in total. The molecule has 1 unspecified atom stereocenters. The molecule has 10 heteroatoms. The summed E-state index contributed by atoms with van der Waals surface area (Å²) in [6, 6.07) is -0.251. The number of nitrogens with one attached hydrogen (secondary N) is 2. The van der Waals surface area contributed by atoms with Gasteiger partial charge >= 0.3 is 18.0 Å². The smallest absolute Gasteiger partial charge is 0.314 e. The Hall–Kier alpha value is -1.91. The lowest BCUT2D eigenvalue weighted by molar-refractivity contribution is -0.150. The molecule has 1 atom stereocenters. The van der Waals surface area contributed by atoms with Gasteiger partial charge in [-0.25, -0.2) is 4.79 Å². The van der Waals surface area contributed by atoms with E-state index in [9.17, 15) is 19.5 Å². The SMILES string of the molecule is CCCCCCCCCCCOC(=O)CCCCCN(CCCCCCCC(=O)OC(CCCCCCCC)CCCCCCCC)CC(O)COCCNC(=O)NC. The zero-order valence-corrected chi connectivity index (χ0v) is 39.3. The van der Waals surface area contributed by atoms with Gasteiger partial charge in [0.2, 0.25) is 0 Å². The van der Waals surface area contributed by atoms with E-state index in [1.807, 2.05) is 0 Å². The van der Waals surface area contributed by atoms with Crippen molar-refractivity contribution >= 4 is 18.0 Å². The summed E-state index contributed by atoms with van der Waals surface area (Å²) in [7, 11) is 1.57. The van der Waals surface area contributed by atoms with E-state index in [1.54, 1.807) is 7.05 Å². The number of rotatable bonds is 46. The van der Waals surface area contributed by atoms with Crippen molar-refractivity contribution in [1.29, 1.82) is 0 Å². The third-order valence-corrected chi connectivity index (χ3v) is 11.3. The molecule has 0 aromatic heterocycles. The third-order valence-electron chi connectivity index (χ3n) is 11.3. The second kappa shape index (κ2) is 45.6. The van der Waals surface area contributed by atoms with Crippen LogP contribution < -0.4 is 10.6 Å². The van der Waals surface area contributed by atoms with Crippen molar-refractivity contribution < 1.29 is 33.7 Å². The first-order valence-electron chi connectivity index (χ1n) is 25.1. The van der Waals surface area contributed by atoms with Gasteiger partial charge in [-0.2, -0.15) is 0 Å². The second-order valence-electron chi connectivity index (χ2n) is 17.1. The molecule has 0 spiro atoms. The summed E-state index contributed by atoms with van der Waals surface area (Å²) in [4.78, 5) is 38.8. The van der Waals surface area contributed by atoms with Crippen LogP contribution in [0.4, 0.5) is 4.79 Å². The molecular weight excluding hydrogens is 743 g/mol. The highest BCUT2D eigenvalue weighted by Crippen LogP contribution is 2.19. The van der Waals surface area contributed by atoms with Crippen LogP contribution in [0.15, 0.2) is 0 Å². The van der Waals surface area contributed by atoms with Crippen LogP contribution in [-0.2, 0) is 23.8 Å². The van der Waals surface area contributed by atoms with E-state index < -0.39 is 6.10 Å². The minimum Gasteiger partial charge on any atom is -0.466 e. The van der Waals surface area contributed by atoms with Crippen LogP contribution in [-0.4, -0.2) is 93.2 Å². The fourth-order valence-corrected chi connectivity index (χ4v) is 7.59. The van der Waals surface area contributed by atoms with E-state index in [1.165, 1.54) is 109 Å². The first-order chi connectivity index (χ1) is 28.9. The lowest BCUT2D eigenvalue weighted by atomic mass is 10.0. The number of ether oxygens (including phenoxy) is 3. The van der Waals surface area contributed by atoms with Crippen LogP contribution in [0.5, 0.6) is 0 Å². The molecule has 0 aromatic rings. The van der Waals surface area contributed by atoms with Crippen LogP contribution in [0, 0.1) is 0 Å². The van der Waals surface area contributed by atoms with Crippen LogP contribution in [0.1, 0.15) is 233 Å². The zero-order chi connectivity index (χ0) is 43.3. The highest BCUT2D eigenvalue weighted by atomic mass is 16.5. The molecule has 350 valence electrons. The Balaban J connectivity index is 4.52. The van der Waals surface area contributed by atoms with Crippen LogP contribution >= 0.6 is 0 Å². The summed E-state index contributed by atoms with van der Waals surface area (Å²) >= 11 is 0. The number of carbonyl (C=O) groups excluding carboxylic acids is 3. The number of amides is 2. The van der Waals surface area contributed by atoms with Gasteiger partial charge in [0.25, 0.3) is 0 Å². The number of urea groups is 1. The van der Waals surface area contributed by atoms with E-state index in [0.717, 1.165) is 103 Å². The quantitative estimate of drug-likeness (QED) is 0.0409. The number of aliphatic hydroxyl groups excluding tert-OH is 1. The number of nitrogens with zero attached hydrogens (tertiary/aromatic N) is 1. The molecule has 0 fully saturated rings. The summed E-state index contributed by atoms with van der Waals surface area (Å²) < 4.78 is 17.1. The molecule has 0 aliphatic heterocycles. The number of hydrogen-bond donors (Lipinski definition) is 3. The minimum atomic E-state index is -0.622. The van der Waals surface area contributed by atoms with Gasteiger partial charge in [0.05, 0.1) is 25.9 Å². The lowest BCUT2D eigenvalue weighted by Crippen LogP contribution is -2.38. The van der Waals surface area contributed by atoms with Gasteiger partial charge in [0.15, 0.2) is 0 Å². The van der Waals surface area contributed by atoms with Gasteiger partial charge in [-0.15, -0.1) is 0 Å². The van der Waals surface area contributed by atoms with Gasteiger partial charge in [0.1, 0.15) is 6.10 Å². The number of carbonyl (C=O) groups is 3. The van der Waals surface area contributed by atoms with Crippen molar-refractivity contribution in [3.8, 4) is 0 Å².